The van der Waals surface area contributed by atoms with Gasteiger partial charge in [0.2, 0.25) is 19.2 Å². The van der Waals surface area contributed by atoms with E-state index < -0.39 is 113 Å². The Labute approximate surface area is 588 Å². The number of amides is 3. The number of nitrogens with one attached hydrogen (secondary N) is 3. The van der Waals surface area contributed by atoms with Crippen molar-refractivity contribution in [2.45, 2.75) is 158 Å². The van der Waals surface area contributed by atoms with Gasteiger partial charge >= 0.3 is 18.4 Å². The Morgan fingerprint density at radius 3 is 2.19 bits per heavy atom. The van der Waals surface area contributed by atoms with Gasteiger partial charge in [0, 0.05) is 52.8 Å². The Bertz CT molecular complexity index is 4560. The topological polar surface area (TPSA) is 238 Å². The smallest absolute Gasteiger partial charge is 0.417 e. The number of nitrogens with zero attached hydrogens (tertiary/aromatic N) is 8. The molecule has 538 valence electrons. The Hall–Kier alpha value is -8.92. The summed E-state index contributed by atoms with van der Waals surface area (Å²) in [6.45, 7) is 4.09. The maximum absolute atomic E-state index is 15.0. The van der Waals surface area contributed by atoms with Crippen LogP contribution in [0.25, 0.3) is 56.3 Å². The predicted molar refractivity (Wildman–Crippen MR) is 363 cm³/mol. The molecule has 4 N–H and O–H groups in total. The summed E-state index contributed by atoms with van der Waals surface area (Å²) in [7, 11) is -3.06. The minimum atomic E-state index is -5.02. The molecule has 3 amide bonds. The SMILES string of the molecule is COc1ccc2c(O[C@@H]3C[C@H]4C(=O)N[C@]5(P(=O)(O)Cc6c(F)cccc6F)C[C@H]5CCCCCCC[C@H](NC(=O)OC5CCCC5)C(=O)N4C3)cc(-c3csc(NC(C)C)n3)nc2c1Cl.Fc1ccccc1-c1nc2ccn(Cc3ccc(-c4ccc(C(F)(F)F)cc4C(F)(F)F)nn3)cc-2n1. The van der Waals surface area contributed by atoms with Gasteiger partial charge in [0.15, 0.2) is 11.0 Å². The lowest BCUT2D eigenvalue weighted by Gasteiger charge is -2.31. The number of fused-ring (bicyclic) bond motifs is 4. The molecule has 2 saturated heterocycles. The van der Waals surface area contributed by atoms with Gasteiger partial charge in [-0.25, -0.2) is 37.9 Å². The third-order valence-corrected chi connectivity index (χ3v) is 22.4. The second kappa shape index (κ2) is 30.2. The van der Waals surface area contributed by atoms with E-state index in [-0.39, 0.29) is 66.2 Å². The fourth-order valence-corrected chi connectivity index (χ4v) is 17.0. The van der Waals surface area contributed by atoms with Gasteiger partial charge in [0.25, 0.3) is 0 Å². The number of carbonyl (C=O) groups excluding carboxylic acids is 3. The minimum Gasteiger partial charge on any atom is -0.495 e. The van der Waals surface area contributed by atoms with Crippen LogP contribution in [0.15, 0.2) is 115 Å². The quantitative estimate of drug-likeness (QED) is 0.0551. The number of pyridine rings is 2. The van der Waals surface area contributed by atoms with Crippen molar-refractivity contribution in [1.82, 2.24) is 50.2 Å². The van der Waals surface area contributed by atoms with Crippen LogP contribution in [-0.4, -0.2) is 112 Å². The predicted octanol–water partition coefficient (Wildman–Crippen LogP) is 16.3. The molecule has 19 nitrogen and oxygen atoms in total. The number of thiazole rings is 1. The van der Waals surface area contributed by atoms with E-state index in [1.807, 2.05) is 19.2 Å². The molecule has 4 fully saturated rings. The molecule has 102 heavy (non-hydrogen) atoms. The lowest BCUT2D eigenvalue weighted by atomic mass is 10.00. The molecule has 7 heterocycles. The summed E-state index contributed by atoms with van der Waals surface area (Å²) in [6.07, 6.45) is -1.28. The average molecular weight is 1470 g/mol. The number of aromatic nitrogens is 7. The van der Waals surface area contributed by atoms with Crippen LogP contribution in [0, 0.1) is 23.4 Å². The van der Waals surface area contributed by atoms with Crippen molar-refractivity contribution in [3.63, 3.8) is 0 Å². The molecule has 2 aliphatic carbocycles. The first-order valence-corrected chi connectivity index (χ1v) is 36.4. The van der Waals surface area contributed by atoms with Gasteiger partial charge in [-0.2, -0.15) is 36.5 Å². The highest BCUT2D eigenvalue weighted by atomic mass is 35.5. The highest BCUT2D eigenvalue weighted by molar-refractivity contribution is 7.59. The van der Waals surface area contributed by atoms with Crippen molar-refractivity contribution < 1.29 is 77.6 Å². The third-order valence-electron chi connectivity index (χ3n) is 18.6. The van der Waals surface area contributed by atoms with E-state index in [1.54, 1.807) is 59.4 Å². The van der Waals surface area contributed by atoms with Gasteiger partial charge in [-0.05, 0) is 131 Å². The molecule has 6 aliphatic rings. The number of halogens is 10. The fraction of sp³-hybridized carbons (Fsp3) is 0.394. The molecule has 0 spiro atoms. The molecular formula is C71H70ClF9N11O8PS. The van der Waals surface area contributed by atoms with E-state index in [1.165, 1.54) is 47.6 Å². The first-order valence-electron chi connectivity index (χ1n) is 33.3. The number of hydrogen-bond acceptors (Lipinski definition) is 15. The molecule has 7 aromatic rings. The normalized spacial score (nSPS) is 20.5. The maximum Gasteiger partial charge on any atom is 0.417 e. The van der Waals surface area contributed by atoms with Crippen molar-refractivity contribution in [1.29, 1.82) is 0 Å². The van der Waals surface area contributed by atoms with Gasteiger partial charge in [-0.3, -0.25) is 14.2 Å². The zero-order chi connectivity index (χ0) is 72.4. The summed E-state index contributed by atoms with van der Waals surface area (Å²) in [5, 5.41) is 18.4. The highest BCUT2D eigenvalue weighted by Crippen LogP contribution is 2.72. The Kier molecular flexibility index (Phi) is 21.6. The van der Waals surface area contributed by atoms with Crippen molar-refractivity contribution in [2.24, 2.45) is 5.92 Å². The number of alkyl carbamates (subject to hydrolysis) is 1. The van der Waals surface area contributed by atoms with Crippen LogP contribution >= 0.6 is 30.3 Å². The Morgan fingerprint density at radius 1 is 0.765 bits per heavy atom. The summed E-state index contributed by atoms with van der Waals surface area (Å²) in [4.78, 5) is 74.6. The van der Waals surface area contributed by atoms with E-state index in [0.29, 0.717) is 87.8 Å². The number of ether oxygens (including phenoxy) is 3. The minimum absolute atomic E-state index is 0.0442. The molecule has 0 bridgehead atoms. The fourth-order valence-electron chi connectivity index (χ4n) is 13.3. The standard InChI is InChI=1S/C46H56ClF2N6O8PS.C25H14F7N5/c1-26(2)50-44-52-36(25-65-44)35-21-39(30-18-19-38(61-3)40(47)41(30)51-35)62-29-20-37-42(56)54-46(64(59,60)24-31-32(48)15-11-16-33(31)49)22-27(46)12-7-5-4-6-8-17-34(43(57)55(37)23-29)53-45(58)63-28-13-9-10-14-28;26-19-4-2-1-3-17(19)23-33-21-9-10-37(13-22(21)34-23)12-15-6-8-20(36-35-15)16-7-5-14(24(27,28)29)11-18(16)25(30,31)32/h11,15-16,18-19,21,25-29,34,37H,4-10,12-14,17,20,22-24H2,1-3H3,(H,50,52)(H,53,58)(H,54,56)(H,59,60);1-11,13H,12H2/t27-,29-,34+,37+,46+;/m1./s1. The zero-order valence-electron chi connectivity index (χ0n) is 55.3. The molecule has 2 saturated carbocycles. The van der Waals surface area contributed by atoms with Crippen LogP contribution in [0.1, 0.15) is 120 Å². The van der Waals surface area contributed by atoms with Crippen LogP contribution in [-0.2, 0) is 44.0 Å². The van der Waals surface area contributed by atoms with E-state index in [0.717, 1.165) is 63.1 Å². The Balaban J connectivity index is 0.000000224. The zero-order valence-corrected chi connectivity index (χ0v) is 57.7. The summed E-state index contributed by atoms with van der Waals surface area (Å²) in [6, 6.07) is 18.1. The molecule has 4 aliphatic heterocycles. The largest absolute Gasteiger partial charge is 0.495 e. The average Bonchev–Trinajstić information content (AvgIpc) is 1.55. The summed E-state index contributed by atoms with van der Waals surface area (Å²) in [5.41, 5.74) is -1.07. The van der Waals surface area contributed by atoms with Gasteiger partial charge in [-0.1, -0.05) is 68.0 Å². The van der Waals surface area contributed by atoms with E-state index in [2.05, 4.69) is 36.1 Å². The number of benzene rings is 4. The third kappa shape index (κ3) is 16.3. The van der Waals surface area contributed by atoms with Gasteiger partial charge in [-0.15, -0.1) is 11.3 Å². The van der Waals surface area contributed by atoms with Crippen molar-refractivity contribution in [3.8, 4) is 56.9 Å². The number of rotatable bonds is 15. The molecule has 6 atom stereocenters. The number of alkyl halides is 6. The van der Waals surface area contributed by atoms with Gasteiger partial charge < -0.3 is 44.5 Å². The monoisotopic (exact) mass is 1470 g/mol. The molecule has 31 heteroatoms. The number of hydrogen-bond donors (Lipinski definition) is 4. The lowest BCUT2D eigenvalue weighted by molar-refractivity contribution is -0.142. The molecular weight excluding hydrogens is 1400 g/mol. The number of methoxy groups -OCH3 is 1. The van der Waals surface area contributed by atoms with Crippen molar-refractivity contribution >= 4 is 64.2 Å². The van der Waals surface area contributed by atoms with E-state index in [4.69, 9.17) is 35.8 Å². The first kappa shape index (κ1) is 72.9. The molecule has 0 radical (unpaired) electrons. The summed E-state index contributed by atoms with van der Waals surface area (Å²) < 4.78 is 157. The number of imidazole rings is 1. The van der Waals surface area contributed by atoms with Crippen LogP contribution in [0.3, 0.4) is 0 Å². The number of anilines is 1. The lowest BCUT2D eigenvalue weighted by Crippen LogP contribution is -2.55. The second-order valence-electron chi connectivity index (χ2n) is 26.1. The van der Waals surface area contributed by atoms with Crippen LogP contribution in [0.5, 0.6) is 11.5 Å². The van der Waals surface area contributed by atoms with E-state index >= 15 is 0 Å². The maximum atomic E-state index is 15.0. The number of carbonyl (C=O) groups is 3. The van der Waals surface area contributed by atoms with Crippen molar-refractivity contribution in [2.75, 3.05) is 19.0 Å². The Morgan fingerprint density at radius 2 is 1.48 bits per heavy atom. The van der Waals surface area contributed by atoms with Gasteiger partial charge in [0.05, 0.1) is 71.3 Å². The van der Waals surface area contributed by atoms with E-state index in [9.17, 15) is 63.4 Å². The van der Waals surface area contributed by atoms with Crippen LogP contribution in [0.4, 0.5) is 49.4 Å². The van der Waals surface area contributed by atoms with Gasteiger partial charge in [0.1, 0.15) is 74.9 Å². The van der Waals surface area contributed by atoms with Crippen molar-refractivity contribution in [3.05, 3.63) is 160 Å². The molecule has 4 aromatic carbocycles. The second-order valence-corrected chi connectivity index (χ2v) is 29.9. The molecule has 1 unspecified atom stereocenters. The van der Waals surface area contributed by atoms with Crippen LogP contribution < -0.4 is 25.4 Å². The summed E-state index contributed by atoms with van der Waals surface area (Å²) >= 11 is 8.28. The first-order chi connectivity index (χ1) is 48.6. The summed E-state index contributed by atoms with van der Waals surface area (Å²) in [5.74, 6) is -3.08. The highest BCUT2D eigenvalue weighted by Gasteiger charge is 2.66. The van der Waals surface area contributed by atoms with Crippen LogP contribution in [0.2, 0.25) is 5.02 Å². The molecule has 3 aromatic heterocycles. The molecule has 13 rings (SSSR count).